The number of hydrogen-bond acceptors (Lipinski definition) is 3. The van der Waals surface area contributed by atoms with E-state index >= 15 is 0 Å². The molecule has 4 rings (SSSR count). The zero-order valence-corrected chi connectivity index (χ0v) is 12.7. The van der Waals surface area contributed by atoms with E-state index < -0.39 is 12.1 Å². The van der Waals surface area contributed by atoms with Crippen LogP contribution in [-0.2, 0) is 28.8 Å². The minimum Gasteiger partial charge on any atom is -0.448 e. The number of rotatable bonds is 2. The van der Waals surface area contributed by atoms with Crippen molar-refractivity contribution in [2.75, 3.05) is 5.32 Å². The number of amides is 1. The first-order chi connectivity index (χ1) is 11.2. The Hall–Kier alpha value is -2.62. The molecule has 1 aliphatic carbocycles. The van der Waals surface area contributed by atoms with Gasteiger partial charge in [-0.05, 0) is 54.2 Å². The van der Waals surface area contributed by atoms with Crippen molar-refractivity contribution in [3.63, 3.8) is 0 Å². The molecule has 0 aromatic heterocycles. The molecule has 116 valence electrons. The highest BCUT2D eigenvalue weighted by Gasteiger charge is 2.31. The van der Waals surface area contributed by atoms with E-state index in [4.69, 9.17) is 4.74 Å². The van der Waals surface area contributed by atoms with Crippen LogP contribution in [0.5, 0.6) is 0 Å². The van der Waals surface area contributed by atoms with Gasteiger partial charge in [0.1, 0.15) is 0 Å². The molecule has 0 saturated heterocycles. The molecule has 2 aliphatic rings. The van der Waals surface area contributed by atoms with E-state index in [2.05, 4.69) is 11.4 Å². The van der Waals surface area contributed by atoms with Gasteiger partial charge in [-0.3, -0.25) is 4.79 Å². The predicted molar refractivity (Wildman–Crippen MR) is 86.4 cm³/mol. The highest BCUT2D eigenvalue weighted by molar-refractivity contribution is 6.00. The number of anilines is 1. The number of carbonyl (C=O) groups excluding carboxylic acids is 2. The van der Waals surface area contributed by atoms with E-state index in [0.717, 1.165) is 24.1 Å². The van der Waals surface area contributed by atoms with Gasteiger partial charge in [-0.15, -0.1) is 0 Å². The van der Waals surface area contributed by atoms with Crippen molar-refractivity contribution in [1.82, 2.24) is 0 Å². The molecule has 4 nitrogen and oxygen atoms in total. The number of fused-ring (bicyclic) bond motifs is 2. The Bertz CT molecular complexity index is 797. The number of aryl methyl sites for hydroxylation is 2. The Kier molecular flexibility index (Phi) is 3.37. The van der Waals surface area contributed by atoms with Gasteiger partial charge in [0.2, 0.25) is 0 Å². The van der Waals surface area contributed by atoms with Crippen LogP contribution in [0.25, 0.3) is 0 Å². The maximum absolute atomic E-state index is 12.4. The first-order valence-electron chi connectivity index (χ1n) is 7.92. The SMILES string of the molecule is O=C1O[C@@H](C(=O)Nc2ccc3c(c2)CCC3)Cc2ccccc21. The Morgan fingerprint density at radius 1 is 1.04 bits per heavy atom. The van der Waals surface area contributed by atoms with Gasteiger partial charge in [0.05, 0.1) is 5.56 Å². The number of carbonyl (C=O) groups is 2. The van der Waals surface area contributed by atoms with Gasteiger partial charge in [-0.2, -0.15) is 0 Å². The molecular formula is C19H17NO3. The van der Waals surface area contributed by atoms with Crippen LogP contribution >= 0.6 is 0 Å². The molecule has 0 radical (unpaired) electrons. The summed E-state index contributed by atoms with van der Waals surface area (Å²) in [7, 11) is 0. The van der Waals surface area contributed by atoms with Crippen molar-refractivity contribution >= 4 is 17.6 Å². The van der Waals surface area contributed by atoms with Crippen LogP contribution in [-0.4, -0.2) is 18.0 Å². The minimum atomic E-state index is -0.773. The lowest BCUT2D eigenvalue weighted by molar-refractivity contribution is -0.125. The van der Waals surface area contributed by atoms with Crippen LogP contribution in [0.2, 0.25) is 0 Å². The molecule has 1 amide bonds. The van der Waals surface area contributed by atoms with E-state index in [-0.39, 0.29) is 5.91 Å². The zero-order valence-electron chi connectivity index (χ0n) is 12.7. The van der Waals surface area contributed by atoms with Gasteiger partial charge in [-0.1, -0.05) is 24.3 Å². The molecule has 2 aromatic carbocycles. The molecule has 1 atom stereocenters. The van der Waals surface area contributed by atoms with Crippen LogP contribution in [0.3, 0.4) is 0 Å². The summed E-state index contributed by atoms with van der Waals surface area (Å²) in [4.78, 5) is 24.4. The van der Waals surface area contributed by atoms with Gasteiger partial charge >= 0.3 is 5.97 Å². The fourth-order valence-electron chi connectivity index (χ4n) is 3.35. The monoisotopic (exact) mass is 307 g/mol. The van der Waals surface area contributed by atoms with E-state index in [1.54, 1.807) is 12.1 Å². The standard InChI is InChI=1S/C19H17NO3/c21-18(20-15-9-8-12-5-3-6-13(12)10-15)17-11-14-4-1-2-7-16(14)19(22)23-17/h1-2,4,7-10,17H,3,5-6,11H2,(H,20,21)/t17-/m1/s1. The topological polar surface area (TPSA) is 55.4 Å². The number of nitrogens with one attached hydrogen (secondary N) is 1. The highest BCUT2D eigenvalue weighted by Crippen LogP contribution is 2.26. The van der Waals surface area contributed by atoms with Crippen molar-refractivity contribution < 1.29 is 14.3 Å². The van der Waals surface area contributed by atoms with Crippen molar-refractivity contribution in [3.8, 4) is 0 Å². The van der Waals surface area contributed by atoms with E-state index in [1.807, 2.05) is 24.3 Å². The number of cyclic esters (lactones) is 1. The summed E-state index contributed by atoms with van der Waals surface area (Å²) in [5.74, 6) is -0.702. The molecule has 1 heterocycles. The highest BCUT2D eigenvalue weighted by atomic mass is 16.5. The lowest BCUT2D eigenvalue weighted by Gasteiger charge is -2.23. The normalized spacial score (nSPS) is 18.8. The summed E-state index contributed by atoms with van der Waals surface area (Å²) < 4.78 is 5.29. The van der Waals surface area contributed by atoms with Crippen LogP contribution in [0.4, 0.5) is 5.69 Å². The molecular weight excluding hydrogens is 290 g/mol. The van der Waals surface area contributed by atoms with Crippen LogP contribution in [0.1, 0.15) is 33.5 Å². The Morgan fingerprint density at radius 2 is 1.87 bits per heavy atom. The number of hydrogen-bond donors (Lipinski definition) is 1. The summed E-state index contributed by atoms with van der Waals surface area (Å²) >= 11 is 0. The second-order valence-electron chi connectivity index (χ2n) is 6.08. The maximum atomic E-state index is 12.4. The molecule has 0 spiro atoms. The number of esters is 1. The maximum Gasteiger partial charge on any atom is 0.339 e. The Morgan fingerprint density at radius 3 is 2.78 bits per heavy atom. The smallest absolute Gasteiger partial charge is 0.339 e. The molecule has 23 heavy (non-hydrogen) atoms. The van der Waals surface area contributed by atoms with Gasteiger partial charge in [0.25, 0.3) is 5.91 Å². The fourth-order valence-corrected chi connectivity index (χ4v) is 3.35. The summed E-state index contributed by atoms with van der Waals surface area (Å²) in [5, 5.41) is 2.88. The first-order valence-corrected chi connectivity index (χ1v) is 7.92. The third-order valence-corrected chi connectivity index (χ3v) is 4.55. The van der Waals surface area contributed by atoms with Crippen molar-refractivity contribution in [3.05, 3.63) is 64.7 Å². The molecule has 2 aromatic rings. The molecule has 0 unspecified atom stereocenters. The van der Waals surface area contributed by atoms with Crippen molar-refractivity contribution in [1.29, 1.82) is 0 Å². The predicted octanol–water partition coefficient (Wildman–Crippen LogP) is 2.90. The van der Waals surface area contributed by atoms with Gasteiger partial charge in [0, 0.05) is 12.1 Å². The van der Waals surface area contributed by atoms with Gasteiger partial charge in [-0.25, -0.2) is 4.79 Å². The average Bonchev–Trinajstić information content (AvgIpc) is 3.02. The van der Waals surface area contributed by atoms with E-state index in [1.165, 1.54) is 17.5 Å². The largest absolute Gasteiger partial charge is 0.448 e. The van der Waals surface area contributed by atoms with Gasteiger partial charge in [0.15, 0.2) is 6.10 Å². The summed E-state index contributed by atoms with van der Waals surface area (Å²) in [6.07, 6.45) is 2.99. The van der Waals surface area contributed by atoms with Gasteiger partial charge < -0.3 is 10.1 Å². The molecule has 4 heteroatoms. The zero-order chi connectivity index (χ0) is 15.8. The minimum absolute atomic E-state index is 0.272. The Labute approximate surface area is 134 Å². The van der Waals surface area contributed by atoms with Crippen molar-refractivity contribution in [2.24, 2.45) is 0 Å². The summed E-state index contributed by atoms with van der Waals surface area (Å²) in [6, 6.07) is 13.3. The van der Waals surface area contributed by atoms with Crippen molar-refractivity contribution in [2.45, 2.75) is 31.8 Å². The third-order valence-electron chi connectivity index (χ3n) is 4.55. The molecule has 1 aliphatic heterocycles. The second-order valence-corrected chi connectivity index (χ2v) is 6.08. The lowest BCUT2D eigenvalue weighted by atomic mass is 9.98. The second kappa shape index (κ2) is 5.54. The van der Waals surface area contributed by atoms with E-state index in [9.17, 15) is 9.59 Å². The Balaban J connectivity index is 1.51. The molecule has 0 bridgehead atoms. The quantitative estimate of drug-likeness (QED) is 0.868. The third kappa shape index (κ3) is 2.61. The molecule has 0 fully saturated rings. The van der Waals surface area contributed by atoms with E-state index in [0.29, 0.717) is 12.0 Å². The summed E-state index contributed by atoms with van der Waals surface area (Å²) in [5.41, 5.74) is 4.84. The number of ether oxygens (including phenoxy) is 1. The average molecular weight is 307 g/mol. The lowest BCUT2D eigenvalue weighted by Crippen LogP contribution is -2.37. The van der Waals surface area contributed by atoms with Crippen LogP contribution < -0.4 is 5.32 Å². The first kappa shape index (κ1) is 14.0. The van der Waals surface area contributed by atoms with Crippen LogP contribution in [0, 0.1) is 0 Å². The summed E-state index contributed by atoms with van der Waals surface area (Å²) in [6.45, 7) is 0. The molecule has 0 saturated carbocycles. The molecule has 1 N–H and O–H groups in total. The fraction of sp³-hybridized carbons (Fsp3) is 0.263. The number of benzene rings is 2. The van der Waals surface area contributed by atoms with Crippen LogP contribution in [0.15, 0.2) is 42.5 Å².